The van der Waals surface area contributed by atoms with Crippen molar-refractivity contribution in [2.45, 2.75) is 13.3 Å². The minimum absolute atomic E-state index is 0.0589. The van der Waals surface area contributed by atoms with E-state index in [1.54, 1.807) is 42.5 Å². The Kier molecular flexibility index (Phi) is 5.86. The van der Waals surface area contributed by atoms with Crippen LogP contribution in [-0.2, 0) is 16.0 Å². The fraction of sp³-hybridized carbons (Fsp3) is 0.222. The van der Waals surface area contributed by atoms with Crippen LogP contribution in [0.5, 0.6) is 0 Å². The number of amides is 2. The molecule has 120 valence electrons. The number of hydrogen-bond acceptors (Lipinski definition) is 2. The van der Waals surface area contributed by atoms with Crippen molar-refractivity contribution in [1.82, 2.24) is 5.32 Å². The highest BCUT2D eigenvalue weighted by Gasteiger charge is 2.15. The van der Waals surface area contributed by atoms with Gasteiger partial charge < -0.3 is 10.2 Å². The van der Waals surface area contributed by atoms with Crippen LogP contribution in [0.25, 0.3) is 0 Å². The molecular formula is C18H19FN2O2. The quantitative estimate of drug-likeness (QED) is 0.891. The number of carbonyl (C=O) groups excluding carboxylic acids is 2. The highest BCUT2D eigenvalue weighted by atomic mass is 19.1. The Bertz CT molecular complexity index is 674. The molecule has 0 aliphatic rings. The standard InChI is InChI=1S/C18H19FN2O2/c1-14(22)21(16-8-3-2-4-9-16)13-18(23)20-12-11-15-7-5-6-10-17(15)19/h2-10H,11-13H2,1H3,(H,20,23). The number of hydrogen-bond donors (Lipinski definition) is 1. The fourth-order valence-corrected chi connectivity index (χ4v) is 2.23. The summed E-state index contributed by atoms with van der Waals surface area (Å²) in [6, 6.07) is 15.5. The number of benzene rings is 2. The monoisotopic (exact) mass is 314 g/mol. The molecule has 0 aliphatic carbocycles. The lowest BCUT2D eigenvalue weighted by atomic mass is 10.1. The van der Waals surface area contributed by atoms with Gasteiger partial charge in [-0.25, -0.2) is 4.39 Å². The Labute approximate surface area is 134 Å². The van der Waals surface area contributed by atoms with Crippen molar-refractivity contribution >= 4 is 17.5 Å². The van der Waals surface area contributed by atoms with Gasteiger partial charge in [0.05, 0.1) is 0 Å². The van der Waals surface area contributed by atoms with Crippen molar-refractivity contribution in [2.24, 2.45) is 0 Å². The first-order chi connectivity index (χ1) is 11.1. The molecule has 4 nitrogen and oxygen atoms in total. The van der Waals surface area contributed by atoms with Gasteiger partial charge in [0.1, 0.15) is 12.4 Å². The lowest BCUT2D eigenvalue weighted by Gasteiger charge is -2.20. The maximum absolute atomic E-state index is 13.5. The van der Waals surface area contributed by atoms with Crippen LogP contribution in [0.4, 0.5) is 10.1 Å². The lowest BCUT2D eigenvalue weighted by Crippen LogP contribution is -2.40. The molecule has 0 aromatic heterocycles. The van der Waals surface area contributed by atoms with E-state index in [1.807, 2.05) is 6.07 Å². The Hall–Kier alpha value is -2.69. The van der Waals surface area contributed by atoms with Gasteiger partial charge in [-0.1, -0.05) is 36.4 Å². The van der Waals surface area contributed by atoms with E-state index in [2.05, 4.69) is 5.32 Å². The highest BCUT2D eigenvalue weighted by Crippen LogP contribution is 2.13. The smallest absolute Gasteiger partial charge is 0.240 e. The SMILES string of the molecule is CC(=O)N(CC(=O)NCCc1ccccc1F)c1ccccc1. The Balaban J connectivity index is 1.88. The normalized spacial score (nSPS) is 10.2. The summed E-state index contributed by atoms with van der Waals surface area (Å²) in [4.78, 5) is 25.1. The first-order valence-electron chi connectivity index (χ1n) is 7.41. The molecule has 0 fully saturated rings. The number of anilines is 1. The average Bonchev–Trinajstić information content (AvgIpc) is 2.55. The Morgan fingerprint density at radius 3 is 2.35 bits per heavy atom. The van der Waals surface area contributed by atoms with E-state index < -0.39 is 0 Å². The minimum Gasteiger partial charge on any atom is -0.354 e. The first-order valence-corrected chi connectivity index (χ1v) is 7.41. The number of carbonyl (C=O) groups is 2. The Morgan fingerprint density at radius 1 is 1.04 bits per heavy atom. The van der Waals surface area contributed by atoms with Gasteiger partial charge >= 0.3 is 0 Å². The molecule has 2 aromatic rings. The van der Waals surface area contributed by atoms with Crippen molar-refractivity contribution in [1.29, 1.82) is 0 Å². The molecular weight excluding hydrogens is 295 g/mol. The molecule has 0 bridgehead atoms. The van der Waals surface area contributed by atoms with Gasteiger partial charge in [-0.2, -0.15) is 0 Å². The van der Waals surface area contributed by atoms with Crippen LogP contribution in [0, 0.1) is 5.82 Å². The minimum atomic E-state index is -0.281. The topological polar surface area (TPSA) is 49.4 Å². The molecule has 0 spiro atoms. The summed E-state index contributed by atoms with van der Waals surface area (Å²) in [5.41, 5.74) is 1.23. The Morgan fingerprint density at radius 2 is 1.70 bits per heavy atom. The van der Waals surface area contributed by atoms with Gasteiger partial charge in [-0.05, 0) is 30.2 Å². The molecule has 0 atom stereocenters. The molecule has 0 aliphatic heterocycles. The number of nitrogens with one attached hydrogen (secondary N) is 1. The molecule has 5 heteroatoms. The maximum atomic E-state index is 13.5. The molecule has 23 heavy (non-hydrogen) atoms. The summed E-state index contributed by atoms with van der Waals surface area (Å²) in [7, 11) is 0. The zero-order valence-corrected chi connectivity index (χ0v) is 13.0. The van der Waals surface area contributed by atoms with E-state index in [-0.39, 0.29) is 24.2 Å². The number of rotatable bonds is 6. The van der Waals surface area contributed by atoms with Crippen LogP contribution in [0.1, 0.15) is 12.5 Å². The fourth-order valence-electron chi connectivity index (χ4n) is 2.23. The molecule has 2 amide bonds. The summed E-state index contributed by atoms with van der Waals surface area (Å²) >= 11 is 0. The number of para-hydroxylation sites is 1. The third-order valence-electron chi connectivity index (χ3n) is 3.42. The zero-order valence-electron chi connectivity index (χ0n) is 13.0. The number of nitrogens with zero attached hydrogens (tertiary/aromatic N) is 1. The maximum Gasteiger partial charge on any atom is 0.240 e. The van der Waals surface area contributed by atoms with Crippen LogP contribution in [0.3, 0.4) is 0 Å². The van der Waals surface area contributed by atoms with Crippen LogP contribution in [0.15, 0.2) is 54.6 Å². The van der Waals surface area contributed by atoms with Gasteiger partial charge in [0.2, 0.25) is 11.8 Å². The summed E-state index contributed by atoms with van der Waals surface area (Å²) in [5, 5.41) is 2.71. The average molecular weight is 314 g/mol. The molecule has 2 aromatic carbocycles. The molecule has 0 unspecified atom stereocenters. The molecule has 0 heterocycles. The predicted octanol–water partition coefficient (Wildman–Crippen LogP) is 2.54. The molecule has 0 saturated carbocycles. The molecule has 2 rings (SSSR count). The van der Waals surface area contributed by atoms with E-state index in [4.69, 9.17) is 0 Å². The van der Waals surface area contributed by atoms with E-state index >= 15 is 0 Å². The van der Waals surface area contributed by atoms with Crippen molar-refractivity contribution in [2.75, 3.05) is 18.0 Å². The van der Waals surface area contributed by atoms with Crippen LogP contribution < -0.4 is 10.2 Å². The molecule has 0 saturated heterocycles. The summed E-state index contributed by atoms with van der Waals surface area (Å²) in [5.74, 6) is -0.766. The van der Waals surface area contributed by atoms with Gasteiger partial charge in [-0.3, -0.25) is 9.59 Å². The van der Waals surface area contributed by atoms with E-state index in [9.17, 15) is 14.0 Å². The van der Waals surface area contributed by atoms with E-state index in [0.717, 1.165) is 0 Å². The lowest BCUT2D eigenvalue weighted by molar-refractivity contribution is -0.123. The second-order valence-corrected chi connectivity index (χ2v) is 5.13. The summed E-state index contributed by atoms with van der Waals surface area (Å²) < 4.78 is 13.5. The van der Waals surface area contributed by atoms with Gasteiger partial charge in [0, 0.05) is 19.2 Å². The second kappa shape index (κ2) is 8.08. The van der Waals surface area contributed by atoms with Crippen molar-refractivity contribution < 1.29 is 14.0 Å². The van der Waals surface area contributed by atoms with Crippen LogP contribution in [-0.4, -0.2) is 24.9 Å². The summed E-state index contributed by atoms with van der Waals surface area (Å²) in [6.45, 7) is 1.68. The van der Waals surface area contributed by atoms with Crippen molar-refractivity contribution in [3.63, 3.8) is 0 Å². The first kappa shape index (κ1) is 16.7. The third-order valence-corrected chi connectivity index (χ3v) is 3.42. The second-order valence-electron chi connectivity index (χ2n) is 5.13. The largest absolute Gasteiger partial charge is 0.354 e. The van der Waals surface area contributed by atoms with E-state index in [0.29, 0.717) is 24.2 Å². The van der Waals surface area contributed by atoms with Crippen molar-refractivity contribution in [3.05, 3.63) is 66.0 Å². The van der Waals surface area contributed by atoms with Crippen LogP contribution in [0.2, 0.25) is 0 Å². The van der Waals surface area contributed by atoms with E-state index in [1.165, 1.54) is 17.9 Å². The van der Waals surface area contributed by atoms with Crippen LogP contribution >= 0.6 is 0 Å². The zero-order chi connectivity index (χ0) is 16.7. The molecule has 1 N–H and O–H groups in total. The summed E-state index contributed by atoms with van der Waals surface area (Å²) in [6.07, 6.45) is 0.407. The van der Waals surface area contributed by atoms with Crippen molar-refractivity contribution in [3.8, 4) is 0 Å². The third kappa shape index (κ3) is 4.92. The van der Waals surface area contributed by atoms with Gasteiger partial charge in [-0.15, -0.1) is 0 Å². The van der Waals surface area contributed by atoms with Gasteiger partial charge in [0.25, 0.3) is 0 Å². The van der Waals surface area contributed by atoms with Gasteiger partial charge in [0.15, 0.2) is 0 Å². The number of halogens is 1. The highest BCUT2D eigenvalue weighted by molar-refractivity contribution is 5.97. The predicted molar refractivity (Wildman–Crippen MR) is 87.6 cm³/mol. The molecule has 0 radical (unpaired) electrons.